The van der Waals surface area contributed by atoms with Crippen molar-refractivity contribution in [1.82, 2.24) is 9.71 Å². The molecule has 0 aliphatic heterocycles. The van der Waals surface area contributed by atoms with E-state index in [0.717, 1.165) is 4.31 Å². The molecule has 1 rings (SSSR count). The summed E-state index contributed by atoms with van der Waals surface area (Å²) in [7, 11) is -2.55. The van der Waals surface area contributed by atoms with E-state index < -0.39 is 22.0 Å². The number of aromatic nitrogens is 1. The van der Waals surface area contributed by atoms with Gasteiger partial charge in [-0.25, -0.2) is 14.0 Å². The van der Waals surface area contributed by atoms with Gasteiger partial charge >= 0.3 is 10.2 Å². The summed E-state index contributed by atoms with van der Waals surface area (Å²) in [5, 5.41) is 0. The molecular formula is C10H15N3O3S. The molecule has 1 heterocycles. The van der Waals surface area contributed by atoms with Crippen LogP contribution >= 0.6 is 0 Å². The summed E-state index contributed by atoms with van der Waals surface area (Å²) >= 11 is 0. The fourth-order valence-electron chi connectivity index (χ4n) is 0.977. The number of nitrogens with one attached hydrogen (secondary N) is 1. The van der Waals surface area contributed by atoms with Crippen LogP contribution in [-0.2, 0) is 15.0 Å². The quantitative estimate of drug-likeness (QED) is 0.853. The van der Waals surface area contributed by atoms with Crippen molar-refractivity contribution in [2.24, 2.45) is 5.92 Å². The van der Waals surface area contributed by atoms with E-state index in [1.54, 1.807) is 32.0 Å². The van der Waals surface area contributed by atoms with Crippen LogP contribution in [0.15, 0.2) is 24.4 Å². The van der Waals surface area contributed by atoms with Gasteiger partial charge in [-0.3, -0.25) is 4.79 Å². The molecule has 0 unspecified atom stereocenters. The number of nitrogens with zero attached hydrogens (tertiary/aromatic N) is 2. The molecule has 0 aliphatic rings. The molecule has 1 amide bonds. The van der Waals surface area contributed by atoms with Gasteiger partial charge in [-0.05, 0) is 12.1 Å². The first kappa shape index (κ1) is 13.4. The van der Waals surface area contributed by atoms with E-state index in [1.165, 1.54) is 13.2 Å². The maximum atomic E-state index is 11.8. The lowest BCUT2D eigenvalue weighted by molar-refractivity contribution is -0.122. The van der Waals surface area contributed by atoms with Crippen molar-refractivity contribution >= 4 is 21.9 Å². The average Bonchev–Trinajstić information content (AvgIpc) is 2.28. The Morgan fingerprint density at radius 1 is 1.41 bits per heavy atom. The van der Waals surface area contributed by atoms with Gasteiger partial charge in [-0.2, -0.15) is 8.42 Å². The standard InChI is InChI=1S/C10H15N3O3S/c1-8(2)10(14)12-17(15,16)13(3)9-6-4-5-7-11-9/h4-8H,1-3H3,(H,12,14). The molecule has 1 aromatic rings. The summed E-state index contributed by atoms with van der Waals surface area (Å²) in [6.45, 7) is 3.23. The van der Waals surface area contributed by atoms with Crippen LogP contribution in [0.25, 0.3) is 0 Å². The molecule has 0 fully saturated rings. The molecular weight excluding hydrogens is 242 g/mol. The molecule has 1 N–H and O–H groups in total. The summed E-state index contributed by atoms with van der Waals surface area (Å²) < 4.78 is 26.5. The van der Waals surface area contributed by atoms with Crippen molar-refractivity contribution < 1.29 is 13.2 Å². The van der Waals surface area contributed by atoms with Crippen molar-refractivity contribution in [2.45, 2.75) is 13.8 Å². The Morgan fingerprint density at radius 3 is 2.53 bits per heavy atom. The summed E-state index contributed by atoms with van der Waals surface area (Å²) in [5.74, 6) is -0.703. The van der Waals surface area contributed by atoms with E-state index in [-0.39, 0.29) is 5.82 Å². The molecule has 7 heteroatoms. The molecule has 6 nitrogen and oxygen atoms in total. The van der Waals surface area contributed by atoms with Gasteiger partial charge in [0.2, 0.25) is 5.91 Å². The van der Waals surface area contributed by atoms with E-state index in [1.807, 2.05) is 4.72 Å². The minimum Gasteiger partial charge on any atom is -0.274 e. The highest BCUT2D eigenvalue weighted by Crippen LogP contribution is 2.10. The molecule has 1 aromatic heterocycles. The van der Waals surface area contributed by atoms with Gasteiger partial charge in [0.15, 0.2) is 0 Å². The van der Waals surface area contributed by atoms with Crippen molar-refractivity contribution in [3.63, 3.8) is 0 Å². The predicted octanol–water partition coefficient (Wildman–Crippen LogP) is 0.535. The molecule has 0 atom stereocenters. The smallest absolute Gasteiger partial charge is 0.274 e. The molecule has 0 aromatic carbocycles. The number of pyridine rings is 1. The van der Waals surface area contributed by atoms with Crippen LogP contribution < -0.4 is 9.03 Å². The van der Waals surface area contributed by atoms with Gasteiger partial charge in [-0.1, -0.05) is 19.9 Å². The summed E-state index contributed by atoms with van der Waals surface area (Å²) in [5.41, 5.74) is 0. The van der Waals surface area contributed by atoms with Gasteiger partial charge in [0.05, 0.1) is 0 Å². The highest BCUT2D eigenvalue weighted by Gasteiger charge is 2.22. The number of carbonyl (C=O) groups is 1. The normalized spacial score (nSPS) is 11.3. The van der Waals surface area contributed by atoms with Crippen LogP contribution in [0, 0.1) is 5.92 Å². The van der Waals surface area contributed by atoms with E-state index in [2.05, 4.69) is 4.98 Å². The SMILES string of the molecule is CC(C)C(=O)NS(=O)(=O)N(C)c1ccccn1. The second-order valence-electron chi connectivity index (χ2n) is 3.78. The first-order valence-electron chi connectivity index (χ1n) is 5.06. The lowest BCUT2D eigenvalue weighted by Crippen LogP contribution is -2.43. The number of rotatable bonds is 4. The zero-order chi connectivity index (χ0) is 13.1. The second-order valence-corrected chi connectivity index (χ2v) is 5.48. The summed E-state index contributed by atoms with van der Waals surface area (Å²) in [4.78, 5) is 15.2. The monoisotopic (exact) mass is 257 g/mol. The fraction of sp³-hybridized carbons (Fsp3) is 0.400. The minimum absolute atomic E-state index is 0.247. The van der Waals surface area contributed by atoms with E-state index >= 15 is 0 Å². The molecule has 0 spiro atoms. The fourth-order valence-corrected chi connectivity index (χ4v) is 1.96. The van der Waals surface area contributed by atoms with Gasteiger partial charge < -0.3 is 0 Å². The van der Waals surface area contributed by atoms with Crippen molar-refractivity contribution in [2.75, 3.05) is 11.4 Å². The van der Waals surface area contributed by atoms with Crippen molar-refractivity contribution in [3.05, 3.63) is 24.4 Å². The number of hydrogen-bond donors (Lipinski definition) is 1. The van der Waals surface area contributed by atoms with Gasteiger partial charge in [-0.15, -0.1) is 0 Å². The number of hydrogen-bond acceptors (Lipinski definition) is 4. The van der Waals surface area contributed by atoms with Gasteiger partial charge in [0, 0.05) is 19.2 Å². The highest BCUT2D eigenvalue weighted by molar-refractivity contribution is 7.91. The third-order valence-electron chi connectivity index (χ3n) is 2.09. The first-order chi connectivity index (χ1) is 7.84. The molecule has 0 saturated carbocycles. The topological polar surface area (TPSA) is 79.4 Å². The lowest BCUT2D eigenvalue weighted by atomic mass is 10.2. The van der Waals surface area contributed by atoms with Crippen molar-refractivity contribution in [3.8, 4) is 0 Å². The van der Waals surface area contributed by atoms with Crippen molar-refractivity contribution in [1.29, 1.82) is 0 Å². The lowest BCUT2D eigenvalue weighted by Gasteiger charge is -2.19. The Morgan fingerprint density at radius 2 is 2.06 bits per heavy atom. The highest BCUT2D eigenvalue weighted by atomic mass is 32.2. The van der Waals surface area contributed by atoms with Crippen LogP contribution in [0.3, 0.4) is 0 Å². The first-order valence-corrected chi connectivity index (χ1v) is 6.50. The van der Waals surface area contributed by atoms with Crippen LogP contribution in [0.5, 0.6) is 0 Å². The molecule has 0 aliphatic carbocycles. The Hall–Kier alpha value is -1.63. The molecule has 94 valence electrons. The van der Waals surface area contributed by atoms with Crippen LogP contribution in [0.4, 0.5) is 5.82 Å². The van der Waals surface area contributed by atoms with E-state index in [9.17, 15) is 13.2 Å². The van der Waals surface area contributed by atoms with E-state index in [0.29, 0.717) is 0 Å². The van der Waals surface area contributed by atoms with Crippen LogP contribution in [-0.4, -0.2) is 26.4 Å². The Kier molecular flexibility index (Phi) is 4.06. The second kappa shape index (κ2) is 5.13. The van der Waals surface area contributed by atoms with Crippen LogP contribution in [0.1, 0.15) is 13.8 Å². The summed E-state index contributed by atoms with van der Waals surface area (Å²) in [6.07, 6.45) is 1.48. The minimum atomic E-state index is -3.89. The number of anilines is 1. The number of carbonyl (C=O) groups excluding carboxylic acids is 1. The average molecular weight is 257 g/mol. The summed E-state index contributed by atoms with van der Waals surface area (Å²) in [6, 6.07) is 4.88. The Bertz CT molecular complexity index is 485. The maximum absolute atomic E-state index is 11.8. The van der Waals surface area contributed by atoms with Gasteiger partial charge in [0.25, 0.3) is 0 Å². The van der Waals surface area contributed by atoms with Gasteiger partial charge in [0.1, 0.15) is 5.82 Å². The zero-order valence-electron chi connectivity index (χ0n) is 9.91. The Balaban J connectivity index is 2.89. The van der Waals surface area contributed by atoms with E-state index in [4.69, 9.17) is 0 Å². The number of amides is 1. The third kappa shape index (κ3) is 3.42. The molecule has 0 bridgehead atoms. The molecule has 17 heavy (non-hydrogen) atoms. The van der Waals surface area contributed by atoms with Crippen LogP contribution in [0.2, 0.25) is 0 Å². The molecule has 0 saturated heterocycles. The Labute approximate surface area is 101 Å². The third-order valence-corrected chi connectivity index (χ3v) is 3.45. The predicted molar refractivity (Wildman–Crippen MR) is 64.5 cm³/mol. The molecule has 0 radical (unpaired) electrons. The maximum Gasteiger partial charge on any atom is 0.327 e. The largest absolute Gasteiger partial charge is 0.327 e. The zero-order valence-corrected chi connectivity index (χ0v) is 10.7.